The summed E-state index contributed by atoms with van der Waals surface area (Å²) in [5.41, 5.74) is 3.42. The van der Waals surface area contributed by atoms with Gasteiger partial charge in [-0.05, 0) is 27.5 Å². The summed E-state index contributed by atoms with van der Waals surface area (Å²) in [5.74, 6) is -0.265. The molecular formula is C25H19N. The van der Waals surface area contributed by atoms with Crippen molar-refractivity contribution >= 4 is 10.8 Å². The van der Waals surface area contributed by atoms with Crippen molar-refractivity contribution in [2.75, 3.05) is 0 Å². The molecule has 0 fully saturated rings. The average molecular weight is 333 g/mol. The Bertz CT molecular complexity index is 1040. The van der Waals surface area contributed by atoms with Crippen LogP contribution in [0.25, 0.3) is 10.8 Å². The molecule has 0 bridgehead atoms. The predicted octanol–water partition coefficient (Wildman–Crippen LogP) is 6.28. The molecule has 0 N–H and O–H groups in total. The molecule has 0 spiro atoms. The number of nitrogens with zero attached hydrogens (tertiary/aromatic N) is 1. The zero-order valence-electron chi connectivity index (χ0n) is 14.4. The van der Waals surface area contributed by atoms with Crippen LogP contribution in [-0.4, -0.2) is 0 Å². The Balaban J connectivity index is 1.96. The number of hydrogen-bond acceptors (Lipinski definition) is 1. The SMILES string of the molecule is N#C[C@@H](c1ccccc1)[C@H](c1ccccc1)c1cccc2ccccc12. The van der Waals surface area contributed by atoms with Gasteiger partial charge < -0.3 is 0 Å². The van der Waals surface area contributed by atoms with E-state index in [0.29, 0.717) is 0 Å². The summed E-state index contributed by atoms with van der Waals surface area (Å²) >= 11 is 0. The van der Waals surface area contributed by atoms with Gasteiger partial charge in [0.25, 0.3) is 0 Å². The first-order valence-corrected chi connectivity index (χ1v) is 8.85. The molecule has 124 valence electrons. The molecule has 0 aliphatic carbocycles. The van der Waals surface area contributed by atoms with E-state index in [1.165, 1.54) is 21.9 Å². The molecule has 0 saturated heterocycles. The third-order valence-corrected chi connectivity index (χ3v) is 4.95. The van der Waals surface area contributed by atoms with E-state index >= 15 is 0 Å². The molecule has 0 radical (unpaired) electrons. The lowest BCUT2D eigenvalue weighted by Crippen LogP contribution is -2.12. The molecule has 1 nitrogen and oxygen atoms in total. The molecule has 0 aliphatic heterocycles. The summed E-state index contributed by atoms with van der Waals surface area (Å²) in [4.78, 5) is 0. The van der Waals surface area contributed by atoms with E-state index in [-0.39, 0.29) is 11.8 Å². The van der Waals surface area contributed by atoms with Gasteiger partial charge in [0.05, 0.1) is 12.0 Å². The van der Waals surface area contributed by atoms with Crippen LogP contribution in [0, 0.1) is 11.3 Å². The van der Waals surface area contributed by atoms with Gasteiger partial charge in [0.1, 0.15) is 0 Å². The Labute approximate surface area is 154 Å². The maximum atomic E-state index is 10.1. The van der Waals surface area contributed by atoms with Gasteiger partial charge in [0.2, 0.25) is 0 Å². The Morgan fingerprint density at radius 1 is 0.577 bits per heavy atom. The van der Waals surface area contributed by atoms with E-state index in [1.54, 1.807) is 0 Å². The van der Waals surface area contributed by atoms with Gasteiger partial charge in [-0.2, -0.15) is 5.26 Å². The van der Waals surface area contributed by atoms with E-state index in [4.69, 9.17) is 0 Å². The van der Waals surface area contributed by atoms with Crippen LogP contribution >= 0.6 is 0 Å². The first-order chi connectivity index (χ1) is 12.9. The van der Waals surface area contributed by atoms with Crippen molar-refractivity contribution in [3.8, 4) is 6.07 Å². The molecule has 26 heavy (non-hydrogen) atoms. The summed E-state index contributed by atoms with van der Waals surface area (Å²) < 4.78 is 0. The Hall–Kier alpha value is -3.37. The first-order valence-electron chi connectivity index (χ1n) is 8.85. The molecule has 0 unspecified atom stereocenters. The Morgan fingerprint density at radius 3 is 1.85 bits per heavy atom. The van der Waals surface area contributed by atoms with E-state index in [0.717, 1.165) is 5.56 Å². The van der Waals surface area contributed by atoms with Crippen molar-refractivity contribution < 1.29 is 0 Å². The Morgan fingerprint density at radius 2 is 1.15 bits per heavy atom. The topological polar surface area (TPSA) is 23.8 Å². The highest BCUT2D eigenvalue weighted by Crippen LogP contribution is 2.40. The summed E-state index contributed by atoms with van der Waals surface area (Å²) in [6.07, 6.45) is 0. The van der Waals surface area contributed by atoms with Gasteiger partial charge in [0, 0.05) is 5.92 Å². The van der Waals surface area contributed by atoms with Gasteiger partial charge in [-0.1, -0.05) is 103 Å². The zero-order chi connectivity index (χ0) is 17.8. The van der Waals surface area contributed by atoms with E-state index in [1.807, 2.05) is 36.4 Å². The van der Waals surface area contributed by atoms with Gasteiger partial charge >= 0.3 is 0 Å². The maximum absolute atomic E-state index is 10.1. The molecule has 2 atom stereocenters. The van der Waals surface area contributed by atoms with E-state index < -0.39 is 0 Å². The third kappa shape index (κ3) is 2.98. The molecule has 0 saturated carbocycles. The van der Waals surface area contributed by atoms with Crippen LogP contribution in [0.2, 0.25) is 0 Å². The molecule has 1 heteroatoms. The van der Waals surface area contributed by atoms with Crippen molar-refractivity contribution in [3.63, 3.8) is 0 Å². The molecular weight excluding hydrogens is 314 g/mol. The number of hydrogen-bond donors (Lipinski definition) is 0. The fourth-order valence-electron chi connectivity index (χ4n) is 3.74. The van der Waals surface area contributed by atoms with E-state index in [2.05, 4.69) is 72.8 Å². The van der Waals surface area contributed by atoms with Crippen molar-refractivity contribution in [3.05, 3.63) is 120 Å². The minimum atomic E-state index is -0.246. The fourth-order valence-corrected chi connectivity index (χ4v) is 3.74. The minimum Gasteiger partial charge on any atom is -0.198 e. The lowest BCUT2D eigenvalue weighted by Gasteiger charge is -2.25. The molecule has 4 aromatic rings. The molecule has 4 rings (SSSR count). The molecule has 4 aromatic carbocycles. The van der Waals surface area contributed by atoms with E-state index in [9.17, 15) is 5.26 Å². The summed E-state index contributed by atoms with van der Waals surface area (Å²) in [5, 5.41) is 12.5. The van der Waals surface area contributed by atoms with Crippen molar-refractivity contribution in [2.24, 2.45) is 0 Å². The molecule has 0 heterocycles. The van der Waals surface area contributed by atoms with Crippen molar-refractivity contribution in [1.29, 1.82) is 5.26 Å². The number of nitriles is 1. The molecule has 0 amide bonds. The van der Waals surface area contributed by atoms with Gasteiger partial charge in [0.15, 0.2) is 0 Å². The van der Waals surface area contributed by atoms with Gasteiger partial charge in [-0.3, -0.25) is 0 Å². The standard InChI is InChI=1S/C25H19N/c26-18-24(20-10-3-1-4-11-20)25(21-13-5-2-6-14-21)23-17-9-15-19-12-7-8-16-22(19)23/h1-17,24-25H/t24-,25+/m0/s1. The second-order valence-electron chi connectivity index (χ2n) is 6.47. The number of rotatable bonds is 4. The van der Waals surface area contributed by atoms with Crippen LogP contribution < -0.4 is 0 Å². The highest BCUT2D eigenvalue weighted by atomic mass is 14.3. The monoisotopic (exact) mass is 333 g/mol. The highest BCUT2D eigenvalue weighted by molar-refractivity contribution is 5.86. The highest BCUT2D eigenvalue weighted by Gasteiger charge is 2.27. The largest absolute Gasteiger partial charge is 0.198 e. The minimum absolute atomic E-state index is 0.0188. The summed E-state index contributed by atoms with van der Waals surface area (Å²) in [7, 11) is 0. The zero-order valence-corrected chi connectivity index (χ0v) is 14.4. The van der Waals surface area contributed by atoms with Gasteiger partial charge in [-0.25, -0.2) is 0 Å². The van der Waals surface area contributed by atoms with Gasteiger partial charge in [-0.15, -0.1) is 0 Å². The normalized spacial score (nSPS) is 13.0. The second-order valence-corrected chi connectivity index (χ2v) is 6.47. The van der Waals surface area contributed by atoms with Crippen LogP contribution in [0.1, 0.15) is 28.5 Å². The summed E-state index contributed by atoms with van der Waals surface area (Å²) in [6, 6.07) is 37.8. The maximum Gasteiger partial charge on any atom is 0.0822 e. The second kappa shape index (κ2) is 7.25. The van der Waals surface area contributed by atoms with Crippen LogP contribution in [0.5, 0.6) is 0 Å². The van der Waals surface area contributed by atoms with Crippen LogP contribution in [-0.2, 0) is 0 Å². The van der Waals surface area contributed by atoms with Crippen LogP contribution in [0.3, 0.4) is 0 Å². The lowest BCUT2D eigenvalue weighted by molar-refractivity contribution is 0.731. The molecule has 0 aromatic heterocycles. The average Bonchev–Trinajstić information content (AvgIpc) is 2.73. The lowest BCUT2D eigenvalue weighted by atomic mass is 9.76. The van der Waals surface area contributed by atoms with Crippen LogP contribution in [0.15, 0.2) is 103 Å². The van der Waals surface area contributed by atoms with Crippen molar-refractivity contribution in [2.45, 2.75) is 11.8 Å². The predicted molar refractivity (Wildman–Crippen MR) is 107 cm³/mol. The summed E-state index contributed by atoms with van der Waals surface area (Å²) in [6.45, 7) is 0. The number of benzene rings is 4. The van der Waals surface area contributed by atoms with Crippen molar-refractivity contribution in [1.82, 2.24) is 0 Å². The number of fused-ring (bicyclic) bond motifs is 1. The Kier molecular flexibility index (Phi) is 4.50. The van der Waals surface area contributed by atoms with Crippen LogP contribution in [0.4, 0.5) is 0 Å². The smallest absolute Gasteiger partial charge is 0.0822 e. The third-order valence-electron chi connectivity index (χ3n) is 4.95. The fraction of sp³-hybridized carbons (Fsp3) is 0.0800. The quantitative estimate of drug-likeness (QED) is 0.431. The molecule has 0 aliphatic rings. The first kappa shape index (κ1) is 16.1.